The lowest BCUT2D eigenvalue weighted by Gasteiger charge is -2.46. The van der Waals surface area contributed by atoms with Crippen molar-refractivity contribution in [2.24, 2.45) is 5.92 Å². The van der Waals surface area contributed by atoms with E-state index in [-0.39, 0.29) is 5.78 Å². The fourth-order valence-electron chi connectivity index (χ4n) is 4.61. The van der Waals surface area contributed by atoms with Crippen LogP contribution in [0.3, 0.4) is 0 Å². The fraction of sp³-hybridized carbons (Fsp3) is 0.682. The van der Waals surface area contributed by atoms with E-state index >= 15 is 0 Å². The maximum absolute atomic E-state index is 11.5. The largest absolute Gasteiger partial charge is 0.396 e. The summed E-state index contributed by atoms with van der Waals surface area (Å²) in [4.78, 5) is 19.1. The zero-order valence-electron chi connectivity index (χ0n) is 16.9. The van der Waals surface area contributed by atoms with Crippen molar-refractivity contribution in [1.82, 2.24) is 14.7 Å². The van der Waals surface area contributed by atoms with Gasteiger partial charge in [-0.1, -0.05) is 24.3 Å². The predicted octanol–water partition coefficient (Wildman–Crippen LogP) is 2.10. The van der Waals surface area contributed by atoms with Crippen LogP contribution >= 0.6 is 0 Å². The quantitative estimate of drug-likeness (QED) is 0.742. The normalized spacial score (nSPS) is 25.6. The van der Waals surface area contributed by atoms with Gasteiger partial charge in [-0.3, -0.25) is 14.6 Å². The van der Waals surface area contributed by atoms with E-state index in [1.54, 1.807) is 6.92 Å². The maximum Gasteiger partial charge on any atom is 0.159 e. The monoisotopic (exact) mass is 373 g/mol. The summed E-state index contributed by atoms with van der Waals surface area (Å²) < 4.78 is 0. The van der Waals surface area contributed by atoms with Crippen molar-refractivity contribution in [2.45, 2.75) is 38.8 Å². The van der Waals surface area contributed by atoms with Crippen molar-refractivity contribution in [3.8, 4) is 0 Å². The number of Topliss-reactive ketones (excluding diaryl/α,β-unsaturated/α-hetero) is 1. The van der Waals surface area contributed by atoms with Gasteiger partial charge in [0.2, 0.25) is 0 Å². The third kappa shape index (κ3) is 5.61. The van der Waals surface area contributed by atoms with Crippen molar-refractivity contribution in [1.29, 1.82) is 0 Å². The number of likely N-dealkylation sites (tertiary alicyclic amines) is 1. The number of piperazine rings is 1. The zero-order valence-corrected chi connectivity index (χ0v) is 16.9. The van der Waals surface area contributed by atoms with E-state index in [1.807, 2.05) is 12.1 Å². The molecule has 0 unspecified atom stereocenters. The van der Waals surface area contributed by atoms with Crippen LogP contribution in [-0.4, -0.2) is 84.6 Å². The molecule has 2 aliphatic rings. The molecular formula is C22H35N3O2. The molecule has 0 bridgehead atoms. The van der Waals surface area contributed by atoms with Crippen LogP contribution in [0, 0.1) is 5.92 Å². The SMILES string of the molecule is CC(=O)c1ccc(CN2CC[C@@H](N3CCN(C)CC3)[C@@H](CCCO)C2)cc1. The molecule has 3 rings (SSSR count). The minimum absolute atomic E-state index is 0.124. The number of rotatable bonds is 7. The second-order valence-corrected chi connectivity index (χ2v) is 8.31. The smallest absolute Gasteiger partial charge is 0.159 e. The van der Waals surface area contributed by atoms with E-state index in [4.69, 9.17) is 0 Å². The van der Waals surface area contributed by atoms with Crippen molar-refractivity contribution >= 4 is 5.78 Å². The summed E-state index contributed by atoms with van der Waals surface area (Å²) in [6, 6.07) is 8.72. The minimum Gasteiger partial charge on any atom is -0.396 e. The van der Waals surface area contributed by atoms with Crippen LogP contribution in [0.2, 0.25) is 0 Å². The number of piperidine rings is 1. The summed E-state index contributed by atoms with van der Waals surface area (Å²) in [6.45, 7) is 9.75. The number of aliphatic hydroxyl groups excluding tert-OH is 1. The van der Waals surface area contributed by atoms with Crippen molar-refractivity contribution in [3.63, 3.8) is 0 Å². The third-order valence-corrected chi connectivity index (χ3v) is 6.28. The molecule has 150 valence electrons. The number of aliphatic hydroxyl groups is 1. The van der Waals surface area contributed by atoms with Gasteiger partial charge in [-0.15, -0.1) is 0 Å². The molecule has 0 radical (unpaired) electrons. The Kier molecular flexibility index (Phi) is 7.41. The Labute approximate surface area is 163 Å². The first-order valence-electron chi connectivity index (χ1n) is 10.4. The third-order valence-electron chi connectivity index (χ3n) is 6.28. The Morgan fingerprint density at radius 2 is 1.81 bits per heavy atom. The number of likely N-dealkylation sites (N-methyl/N-ethyl adjacent to an activating group) is 1. The van der Waals surface area contributed by atoms with Crippen LogP contribution in [0.4, 0.5) is 0 Å². The highest BCUT2D eigenvalue weighted by Gasteiger charge is 2.33. The average Bonchev–Trinajstić information content (AvgIpc) is 2.68. The molecule has 2 fully saturated rings. The number of ketones is 1. The Hall–Kier alpha value is -1.27. The topological polar surface area (TPSA) is 47.0 Å². The lowest BCUT2D eigenvalue weighted by atomic mass is 9.86. The van der Waals surface area contributed by atoms with Gasteiger partial charge < -0.3 is 10.0 Å². The van der Waals surface area contributed by atoms with Crippen LogP contribution in [0.5, 0.6) is 0 Å². The van der Waals surface area contributed by atoms with Crippen LogP contribution < -0.4 is 0 Å². The number of carbonyl (C=O) groups excluding carboxylic acids is 1. The highest BCUT2D eigenvalue weighted by Crippen LogP contribution is 2.28. The summed E-state index contributed by atoms with van der Waals surface area (Å²) in [5.74, 6) is 0.754. The van der Waals surface area contributed by atoms with Gasteiger partial charge in [-0.05, 0) is 51.3 Å². The summed E-state index contributed by atoms with van der Waals surface area (Å²) in [7, 11) is 2.21. The number of benzene rings is 1. The average molecular weight is 374 g/mol. The minimum atomic E-state index is 0.124. The molecule has 2 saturated heterocycles. The van der Waals surface area contributed by atoms with Crippen LogP contribution in [0.1, 0.15) is 42.1 Å². The van der Waals surface area contributed by atoms with E-state index in [0.717, 1.165) is 51.1 Å². The molecule has 0 saturated carbocycles. The van der Waals surface area contributed by atoms with E-state index in [1.165, 1.54) is 25.1 Å². The van der Waals surface area contributed by atoms with Gasteiger partial charge in [0.1, 0.15) is 0 Å². The molecule has 27 heavy (non-hydrogen) atoms. The maximum atomic E-state index is 11.5. The molecule has 2 atom stereocenters. The molecule has 0 aliphatic carbocycles. The molecule has 2 heterocycles. The predicted molar refractivity (Wildman–Crippen MR) is 109 cm³/mol. The molecule has 0 aromatic heterocycles. The molecule has 5 nitrogen and oxygen atoms in total. The first-order valence-corrected chi connectivity index (χ1v) is 10.4. The Morgan fingerprint density at radius 1 is 1.11 bits per heavy atom. The van der Waals surface area contributed by atoms with Gasteiger partial charge in [0.05, 0.1) is 0 Å². The van der Waals surface area contributed by atoms with Gasteiger partial charge >= 0.3 is 0 Å². The van der Waals surface area contributed by atoms with Crippen molar-refractivity contribution in [3.05, 3.63) is 35.4 Å². The number of carbonyl (C=O) groups is 1. The highest BCUT2D eigenvalue weighted by atomic mass is 16.2. The highest BCUT2D eigenvalue weighted by molar-refractivity contribution is 5.93. The van der Waals surface area contributed by atoms with Crippen LogP contribution in [0.25, 0.3) is 0 Å². The standard InChI is InChI=1S/C22H35N3O2/c1-18(27)20-7-5-19(6-8-20)16-24-10-9-22(21(17-24)4-3-15-26)25-13-11-23(2)12-14-25/h5-8,21-22,26H,3-4,9-17H2,1-2H3/t21-,22+/m0/s1. The van der Waals surface area contributed by atoms with Crippen LogP contribution in [-0.2, 0) is 6.54 Å². The van der Waals surface area contributed by atoms with Gasteiger partial charge in [0.25, 0.3) is 0 Å². The lowest BCUT2D eigenvalue weighted by molar-refractivity contribution is 0.0212. The second-order valence-electron chi connectivity index (χ2n) is 8.31. The Balaban J connectivity index is 1.60. The van der Waals surface area contributed by atoms with Gasteiger partial charge in [0.15, 0.2) is 5.78 Å². The summed E-state index contributed by atoms with van der Waals surface area (Å²) in [5, 5.41) is 9.34. The Morgan fingerprint density at radius 3 is 2.44 bits per heavy atom. The number of nitrogens with zero attached hydrogens (tertiary/aromatic N) is 3. The van der Waals surface area contributed by atoms with Gasteiger partial charge in [-0.2, -0.15) is 0 Å². The molecular weight excluding hydrogens is 338 g/mol. The molecule has 2 aliphatic heterocycles. The molecule has 1 N–H and O–H groups in total. The molecule has 1 aromatic rings. The van der Waals surface area contributed by atoms with Gasteiger partial charge in [0, 0.05) is 57.5 Å². The van der Waals surface area contributed by atoms with Crippen molar-refractivity contribution in [2.75, 3.05) is 52.9 Å². The Bertz CT molecular complexity index is 596. The van der Waals surface area contributed by atoms with Crippen LogP contribution in [0.15, 0.2) is 24.3 Å². The van der Waals surface area contributed by atoms with Gasteiger partial charge in [-0.25, -0.2) is 0 Å². The molecule has 5 heteroatoms. The first-order chi connectivity index (χ1) is 13.1. The summed E-state index contributed by atoms with van der Waals surface area (Å²) in [6.07, 6.45) is 3.22. The first kappa shape index (κ1) is 20.5. The molecule has 0 amide bonds. The second kappa shape index (κ2) is 9.78. The van der Waals surface area contributed by atoms with E-state index in [2.05, 4.69) is 33.9 Å². The molecule has 0 spiro atoms. The van der Waals surface area contributed by atoms with Crippen molar-refractivity contribution < 1.29 is 9.90 Å². The number of hydrogen-bond acceptors (Lipinski definition) is 5. The molecule has 1 aromatic carbocycles. The van der Waals surface area contributed by atoms with E-state index in [9.17, 15) is 9.90 Å². The number of hydrogen-bond donors (Lipinski definition) is 1. The fourth-order valence-corrected chi connectivity index (χ4v) is 4.61. The zero-order chi connectivity index (χ0) is 19.2. The lowest BCUT2D eigenvalue weighted by Crippen LogP contribution is -2.56. The van der Waals surface area contributed by atoms with E-state index in [0.29, 0.717) is 18.6 Å². The summed E-state index contributed by atoms with van der Waals surface area (Å²) >= 11 is 0. The summed E-state index contributed by atoms with van der Waals surface area (Å²) in [5.41, 5.74) is 2.06. The van der Waals surface area contributed by atoms with E-state index < -0.39 is 0 Å².